The van der Waals surface area contributed by atoms with Gasteiger partial charge in [-0.2, -0.15) is 0 Å². The van der Waals surface area contributed by atoms with E-state index in [1.807, 2.05) is 22.8 Å². The van der Waals surface area contributed by atoms with Crippen molar-refractivity contribution in [2.45, 2.75) is 84.6 Å². The molecule has 0 atom stereocenters. The second-order valence-electron chi connectivity index (χ2n) is 7.88. The Hall–Kier alpha value is -2.17. The molecule has 0 amide bonds. The van der Waals surface area contributed by atoms with Gasteiger partial charge >= 0.3 is 0 Å². The summed E-state index contributed by atoms with van der Waals surface area (Å²) in [7, 11) is 3.19. The lowest BCUT2D eigenvalue weighted by molar-refractivity contribution is 0.285. The summed E-state index contributed by atoms with van der Waals surface area (Å²) in [6.07, 6.45) is 11.5. The van der Waals surface area contributed by atoms with Crippen molar-refractivity contribution in [3.8, 4) is 17.2 Å². The van der Waals surface area contributed by atoms with Crippen LogP contribution in [-0.4, -0.2) is 25.4 Å². The molecule has 0 spiro atoms. The van der Waals surface area contributed by atoms with Crippen LogP contribution in [0.3, 0.4) is 0 Å². The summed E-state index contributed by atoms with van der Waals surface area (Å²) in [5.41, 5.74) is 0.715. The molecule has 1 heterocycles. The summed E-state index contributed by atoms with van der Waals surface area (Å²) in [5, 5.41) is 0.897. The highest BCUT2D eigenvalue weighted by Crippen LogP contribution is 2.35. The van der Waals surface area contributed by atoms with E-state index in [9.17, 15) is 4.79 Å². The van der Waals surface area contributed by atoms with Gasteiger partial charge < -0.3 is 18.8 Å². The highest BCUT2D eigenvalue weighted by Gasteiger charge is 2.19. The molecule has 0 radical (unpaired) electrons. The van der Waals surface area contributed by atoms with E-state index in [0.717, 1.165) is 42.3 Å². The molecule has 0 saturated carbocycles. The van der Waals surface area contributed by atoms with Gasteiger partial charge in [0.25, 0.3) is 5.56 Å². The second-order valence-corrected chi connectivity index (χ2v) is 7.88. The van der Waals surface area contributed by atoms with E-state index in [0.29, 0.717) is 24.7 Å². The number of methoxy groups -OCH3 is 2. The molecule has 0 saturated heterocycles. The maximum absolute atomic E-state index is 13.3. The van der Waals surface area contributed by atoms with Crippen LogP contribution in [0.25, 0.3) is 10.9 Å². The van der Waals surface area contributed by atoms with Crippen LogP contribution in [0.5, 0.6) is 17.2 Å². The van der Waals surface area contributed by atoms with E-state index in [-0.39, 0.29) is 5.56 Å². The molecular formula is C25H39NO4. The Bertz CT molecular complexity index is 828. The molecule has 1 aromatic carbocycles. The lowest BCUT2D eigenvalue weighted by Gasteiger charge is -2.18. The fourth-order valence-electron chi connectivity index (χ4n) is 3.80. The molecule has 2 aromatic rings. The Balaban J connectivity index is 2.32. The van der Waals surface area contributed by atoms with Gasteiger partial charge in [0.05, 0.1) is 26.3 Å². The van der Waals surface area contributed by atoms with E-state index in [2.05, 4.69) is 13.8 Å². The zero-order chi connectivity index (χ0) is 21.8. The normalized spacial score (nSPS) is 11.1. The number of ether oxygens (including phenoxy) is 3. The monoisotopic (exact) mass is 417 g/mol. The van der Waals surface area contributed by atoms with Crippen molar-refractivity contribution in [2.75, 3.05) is 20.8 Å². The Morgan fingerprint density at radius 2 is 1.47 bits per heavy atom. The Kier molecular flexibility index (Phi) is 10.6. The van der Waals surface area contributed by atoms with Crippen molar-refractivity contribution < 1.29 is 14.2 Å². The zero-order valence-electron chi connectivity index (χ0n) is 19.3. The number of aryl methyl sites for hydroxylation is 1. The number of rotatable bonds is 15. The third-order valence-electron chi connectivity index (χ3n) is 5.57. The highest BCUT2D eigenvalue weighted by atomic mass is 16.5. The predicted molar refractivity (Wildman–Crippen MR) is 124 cm³/mol. The molecule has 5 heteroatoms. The average Bonchev–Trinajstić information content (AvgIpc) is 2.77. The first-order chi connectivity index (χ1) is 14.7. The number of hydrogen-bond donors (Lipinski definition) is 0. The van der Waals surface area contributed by atoms with Crippen molar-refractivity contribution in [3.63, 3.8) is 0 Å². The minimum Gasteiger partial charge on any atom is -0.497 e. The first-order valence-electron chi connectivity index (χ1n) is 11.6. The lowest BCUT2D eigenvalue weighted by atomic mass is 10.1. The summed E-state index contributed by atoms with van der Waals surface area (Å²) in [5.74, 6) is 1.59. The first kappa shape index (κ1) is 24.1. The Morgan fingerprint density at radius 3 is 2.13 bits per heavy atom. The van der Waals surface area contributed by atoms with Crippen LogP contribution in [-0.2, 0) is 6.54 Å². The fourth-order valence-corrected chi connectivity index (χ4v) is 3.80. The lowest BCUT2D eigenvalue weighted by Crippen LogP contribution is -2.23. The van der Waals surface area contributed by atoms with E-state index < -0.39 is 0 Å². The molecule has 168 valence electrons. The number of fused-ring (bicyclic) bond motifs is 1. The summed E-state index contributed by atoms with van der Waals surface area (Å²) < 4.78 is 18.9. The van der Waals surface area contributed by atoms with Gasteiger partial charge in [-0.3, -0.25) is 4.79 Å². The van der Waals surface area contributed by atoms with Crippen LogP contribution < -0.4 is 19.8 Å². The molecule has 0 unspecified atom stereocenters. The predicted octanol–water partition coefficient (Wildman–Crippen LogP) is 6.34. The van der Waals surface area contributed by atoms with Crippen LogP contribution in [0.4, 0.5) is 0 Å². The SMILES string of the molecule is CCCCCCCCn1c(=O)c(OC)c(OCCCCCC)c2ccc(OC)cc21. The molecule has 0 aliphatic rings. The molecule has 0 bridgehead atoms. The van der Waals surface area contributed by atoms with Gasteiger partial charge in [-0.15, -0.1) is 0 Å². The number of aromatic nitrogens is 1. The van der Waals surface area contributed by atoms with E-state index in [1.165, 1.54) is 38.5 Å². The highest BCUT2D eigenvalue weighted by molar-refractivity contribution is 5.89. The van der Waals surface area contributed by atoms with Crippen LogP contribution >= 0.6 is 0 Å². The maximum atomic E-state index is 13.3. The van der Waals surface area contributed by atoms with Crippen molar-refractivity contribution in [3.05, 3.63) is 28.6 Å². The Labute approximate surface area is 181 Å². The largest absolute Gasteiger partial charge is 0.497 e. The Morgan fingerprint density at radius 1 is 0.800 bits per heavy atom. The quantitative estimate of drug-likeness (QED) is 0.317. The van der Waals surface area contributed by atoms with Gasteiger partial charge in [-0.1, -0.05) is 65.2 Å². The molecular weight excluding hydrogens is 378 g/mol. The third kappa shape index (κ3) is 6.41. The minimum absolute atomic E-state index is 0.129. The molecule has 0 N–H and O–H groups in total. The molecule has 0 fully saturated rings. The molecule has 2 rings (SSSR count). The van der Waals surface area contributed by atoms with Gasteiger partial charge in [0, 0.05) is 18.0 Å². The molecule has 30 heavy (non-hydrogen) atoms. The van der Waals surface area contributed by atoms with Gasteiger partial charge in [0.2, 0.25) is 5.75 Å². The molecule has 0 aliphatic heterocycles. The van der Waals surface area contributed by atoms with Crippen molar-refractivity contribution in [1.82, 2.24) is 4.57 Å². The third-order valence-corrected chi connectivity index (χ3v) is 5.57. The number of nitrogens with zero attached hydrogens (tertiary/aromatic N) is 1. The zero-order valence-corrected chi connectivity index (χ0v) is 19.3. The van der Waals surface area contributed by atoms with Crippen LogP contribution in [0.15, 0.2) is 23.0 Å². The number of unbranched alkanes of at least 4 members (excludes halogenated alkanes) is 8. The van der Waals surface area contributed by atoms with Gasteiger partial charge in [-0.25, -0.2) is 0 Å². The molecule has 0 aliphatic carbocycles. The summed E-state index contributed by atoms with van der Waals surface area (Å²) in [6, 6.07) is 5.80. The number of pyridine rings is 1. The summed E-state index contributed by atoms with van der Waals surface area (Å²) >= 11 is 0. The smallest absolute Gasteiger partial charge is 0.297 e. The number of hydrogen-bond acceptors (Lipinski definition) is 4. The van der Waals surface area contributed by atoms with E-state index in [1.54, 1.807) is 14.2 Å². The van der Waals surface area contributed by atoms with Crippen LogP contribution in [0.1, 0.15) is 78.1 Å². The first-order valence-corrected chi connectivity index (χ1v) is 11.6. The summed E-state index contributed by atoms with van der Waals surface area (Å²) in [6.45, 7) is 5.66. The standard InChI is InChI=1S/C25H39NO4/c1-5-7-9-11-12-13-17-26-22-19-20(28-3)15-16-21(22)23(24(29-4)25(26)27)30-18-14-10-8-6-2/h15-16,19H,5-14,17-18H2,1-4H3. The van der Waals surface area contributed by atoms with Crippen LogP contribution in [0, 0.1) is 0 Å². The van der Waals surface area contributed by atoms with Gasteiger partial charge in [0.1, 0.15) is 5.75 Å². The number of benzene rings is 1. The van der Waals surface area contributed by atoms with E-state index >= 15 is 0 Å². The van der Waals surface area contributed by atoms with E-state index in [4.69, 9.17) is 14.2 Å². The molecule has 5 nitrogen and oxygen atoms in total. The van der Waals surface area contributed by atoms with Crippen LogP contribution in [0.2, 0.25) is 0 Å². The van der Waals surface area contributed by atoms with Gasteiger partial charge in [0.15, 0.2) is 5.75 Å². The average molecular weight is 418 g/mol. The second kappa shape index (κ2) is 13.2. The van der Waals surface area contributed by atoms with Crippen molar-refractivity contribution in [1.29, 1.82) is 0 Å². The van der Waals surface area contributed by atoms with Gasteiger partial charge in [-0.05, 0) is 25.0 Å². The minimum atomic E-state index is -0.129. The van der Waals surface area contributed by atoms with Crippen molar-refractivity contribution >= 4 is 10.9 Å². The van der Waals surface area contributed by atoms with Crippen molar-refractivity contribution in [2.24, 2.45) is 0 Å². The maximum Gasteiger partial charge on any atom is 0.297 e. The molecule has 1 aromatic heterocycles. The fraction of sp³-hybridized carbons (Fsp3) is 0.640. The topological polar surface area (TPSA) is 49.7 Å². The summed E-state index contributed by atoms with van der Waals surface area (Å²) in [4.78, 5) is 13.3.